The lowest BCUT2D eigenvalue weighted by Gasteiger charge is -2.27. The Morgan fingerprint density at radius 3 is 2.69 bits per heavy atom. The van der Waals surface area contributed by atoms with Crippen LogP contribution in [-0.4, -0.2) is 22.3 Å². The summed E-state index contributed by atoms with van der Waals surface area (Å²) in [6.07, 6.45) is 3.19. The van der Waals surface area contributed by atoms with Crippen molar-refractivity contribution in [2.24, 2.45) is 0 Å². The number of carboxylic acids is 1. The molecule has 0 amide bonds. The van der Waals surface area contributed by atoms with Crippen molar-refractivity contribution in [2.75, 3.05) is 0 Å². The fourth-order valence-electron chi connectivity index (χ4n) is 2.49. The number of benzene rings is 1. The average molecular weight is 220 g/mol. The lowest BCUT2D eigenvalue weighted by atomic mass is 9.81. The van der Waals surface area contributed by atoms with Crippen LogP contribution in [-0.2, 0) is 0 Å². The Balaban J connectivity index is 2.28. The fourth-order valence-corrected chi connectivity index (χ4v) is 2.49. The van der Waals surface area contributed by atoms with Crippen molar-refractivity contribution in [2.45, 2.75) is 37.7 Å². The third-order valence-corrected chi connectivity index (χ3v) is 3.28. The Morgan fingerprint density at radius 1 is 1.25 bits per heavy atom. The van der Waals surface area contributed by atoms with Crippen LogP contribution in [0.1, 0.15) is 47.5 Å². The molecule has 0 aliphatic heterocycles. The van der Waals surface area contributed by atoms with Gasteiger partial charge in [-0.05, 0) is 36.8 Å². The molecule has 0 saturated heterocycles. The lowest BCUT2D eigenvalue weighted by Crippen LogP contribution is -2.19. The van der Waals surface area contributed by atoms with E-state index in [1.54, 1.807) is 12.1 Å². The molecule has 1 aliphatic carbocycles. The van der Waals surface area contributed by atoms with Gasteiger partial charge in [0.25, 0.3) is 0 Å². The number of rotatable bonds is 2. The van der Waals surface area contributed by atoms with Crippen LogP contribution in [0.3, 0.4) is 0 Å². The first-order valence-corrected chi connectivity index (χ1v) is 5.68. The van der Waals surface area contributed by atoms with Gasteiger partial charge in [0.15, 0.2) is 0 Å². The first kappa shape index (κ1) is 11.1. The van der Waals surface area contributed by atoms with Gasteiger partial charge >= 0.3 is 5.97 Å². The third kappa shape index (κ3) is 2.25. The molecule has 86 valence electrons. The lowest BCUT2D eigenvalue weighted by molar-refractivity contribution is 0.0692. The van der Waals surface area contributed by atoms with E-state index in [4.69, 9.17) is 5.11 Å². The molecule has 3 heteroatoms. The molecule has 0 heterocycles. The second-order valence-electron chi connectivity index (χ2n) is 4.41. The normalized spacial score (nSPS) is 25.3. The molecule has 1 aromatic carbocycles. The van der Waals surface area contributed by atoms with Gasteiger partial charge < -0.3 is 10.2 Å². The van der Waals surface area contributed by atoms with Crippen molar-refractivity contribution in [1.82, 2.24) is 0 Å². The van der Waals surface area contributed by atoms with Gasteiger partial charge in [-0.1, -0.05) is 24.6 Å². The van der Waals surface area contributed by atoms with Crippen molar-refractivity contribution in [3.63, 3.8) is 0 Å². The summed E-state index contributed by atoms with van der Waals surface area (Å²) in [5, 5.41) is 18.7. The molecule has 0 bridgehead atoms. The molecule has 1 aromatic rings. The van der Waals surface area contributed by atoms with Gasteiger partial charge in [0.1, 0.15) is 0 Å². The third-order valence-electron chi connectivity index (χ3n) is 3.28. The summed E-state index contributed by atoms with van der Waals surface area (Å²) in [4.78, 5) is 11.1. The highest BCUT2D eigenvalue weighted by Crippen LogP contribution is 2.34. The number of hydrogen-bond acceptors (Lipinski definition) is 2. The molecule has 1 fully saturated rings. The van der Waals surface area contributed by atoms with Gasteiger partial charge in [0.05, 0.1) is 11.7 Å². The molecule has 2 rings (SSSR count). The maximum atomic E-state index is 11.1. The van der Waals surface area contributed by atoms with E-state index in [2.05, 4.69) is 0 Å². The van der Waals surface area contributed by atoms with Crippen molar-refractivity contribution in [1.29, 1.82) is 0 Å². The zero-order chi connectivity index (χ0) is 11.5. The average Bonchev–Trinajstić information content (AvgIpc) is 2.29. The highest BCUT2D eigenvalue weighted by molar-refractivity contribution is 5.89. The Hall–Kier alpha value is -1.35. The van der Waals surface area contributed by atoms with E-state index >= 15 is 0 Å². The van der Waals surface area contributed by atoms with Crippen LogP contribution >= 0.6 is 0 Å². The van der Waals surface area contributed by atoms with Crippen LogP contribution in [0.4, 0.5) is 0 Å². The minimum absolute atomic E-state index is 0.191. The number of aliphatic hydroxyl groups is 1. The van der Waals surface area contributed by atoms with Crippen molar-refractivity contribution in [3.05, 3.63) is 35.4 Å². The van der Waals surface area contributed by atoms with E-state index in [1.165, 1.54) is 0 Å². The maximum Gasteiger partial charge on any atom is 0.335 e. The second kappa shape index (κ2) is 4.66. The van der Waals surface area contributed by atoms with Gasteiger partial charge in [0, 0.05) is 0 Å². The standard InChI is InChI=1S/C13H16O3/c14-10-5-3-4-9(8-10)11-6-1-2-7-12(11)13(15)16/h1-2,6-7,9-10,14H,3-5,8H2,(H,15,16). The van der Waals surface area contributed by atoms with E-state index in [-0.39, 0.29) is 12.0 Å². The van der Waals surface area contributed by atoms with Gasteiger partial charge in [-0.15, -0.1) is 0 Å². The molecule has 0 aromatic heterocycles. The summed E-state index contributed by atoms with van der Waals surface area (Å²) in [5.74, 6) is -0.688. The van der Waals surface area contributed by atoms with Crippen molar-refractivity contribution in [3.8, 4) is 0 Å². The Morgan fingerprint density at radius 2 is 2.00 bits per heavy atom. The van der Waals surface area contributed by atoms with Gasteiger partial charge in [-0.2, -0.15) is 0 Å². The molecule has 2 N–H and O–H groups in total. The Bertz CT molecular complexity index is 387. The number of carbonyl (C=O) groups is 1. The monoisotopic (exact) mass is 220 g/mol. The highest BCUT2D eigenvalue weighted by Gasteiger charge is 2.24. The summed E-state index contributed by atoms with van der Waals surface area (Å²) in [7, 11) is 0. The second-order valence-corrected chi connectivity index (χ2v) is 4.41. The predicted molar refractivity (Wildman–Crippen MR) is 60.6 cm³/mol. The number of aromatic carboxylic acids is 1. The SMILES string of the molecule is O=C(O)c1ccccc1C1CCCC(O)C1. The zero-order valence-corrected chi connectivity index (χ0v) is 9.10. The van der Waals surface area contributed by atoms with Gasteiger partial charge in [0.2, 0.25) is 0 Å². The molecular formula is C13H16O3. The molecular weight excluding hydrogens is 204 g/mol. The molecule has 2 unspecified atom stereocenters. The van der Waals surface area contributed by atoms with E-state index in [0.717, 1.165) is 24.8 Å². The summed E-state index contributed by atoms with van der Waals surface area (Å²) in [6, 6.07) is 7.11. The van der Waals surface area contributed by atoms with E-state index in [9.17, 15) is 9.90 Å². The van der Waals surface area contributed by atoms with Crippen molar-refractivity contribution < 1.29 is 15.0 Å². The summed E-state index contributed by atoms with van der Waals surface area (Å²) in [5.41, 5.74) is 1.25. The van der Waals surface area contributed by atoms with E-state index < -0.39 is 5.97 Å². The van der Waals surface area contributed by atoms with Crippen LogP contribution in [0.25, 0.3) is 0 Å². The number of aliphatic hydroxyl groups excluding tert-OH is 1. The molecule has 1 saturated carbocycles. The summed E-state index contributed by atoms with van der Waals surface area (Å²) >= 11 is 0. The van der Waals surface area contributed by atoms with Crippen LogP contribution in [0.2, 0.25) is 0 Å². The van der Waals surface area contributed by atoms with Crippen LogP contribution in [0, 0.1) is 0 Å². The summed E-state index contributed by atoms with van der Waals surface area (Å²) < 4.78 is 0. The molecule has 0 spiro atoms. The minimum Gasteiger partial charge on any atom is -0.478 e. The smallest absolute Gasteiger partial charge is 0.335 e. The van der Waals surface area contributed by atoms with Gasteiger partial charge in [-0.3, -0.25) is 0 Å². The first-order valence-electron chi connectivity index (χ1n) is 5.68. The fraction of sp³-hybridized carbons (Fsp3) is 0.462. The topological polar surface area (TPSA) is 57.5 Å². The van der Waals surface area contributed by atoms with Crippen molar-refractivity contribution >= 4 is 5.97 Å². The molecule has 16 heavy (non-hydrogen) atoms. The van der Waals surface area contributed by atoms with E-state index in [1.807, 2.05) is 12.1 Å². The molecule has 1 aliphatic rings. The largest absolute Gasteiger partial charge is 0.478 e. The quantitative estimate of drug-likeness (QED) is 0.804. The highest BCUT2D eigenvalue weighted by atomic mass is 16.4. The van der Waals surface area contributed by atoms with Gasteiger partial charge in [-0.25, -0.2) is 4.79 Å². The molecule has 0 radical (unpaired) electrons. The van der Waals surface area contributed by atoms with Crippen LogP contribution in [0.5, 0.6) is 0 Å². The first-order chi connectivity index (χ1) is 7.68. The molecule has 2 atom stereocenters. The number of carboxylic acid groups (broad SMARTS) is 1. The number of hydrogen-bond donors (Lipinski definition) is 2. The molecule has 3 nitrogen and oxygen atoms in total. The summed E-state index contributed by atoms with van der Waals surface area (Å²) in [6.45, 7) is 0. The Kier molecular flexibility index (Phi) is 3.25. The Labute approximate surface area is 94.7 Å². The van der Waals surface area contributed by atoms with Crippen LogP contribution in [0.15, 0.2) is 24.3 Å². The predicted octanol–water partition coefficient (Wildman–Crippen LogP) is 2.40. The zero-order valence-electron chi connectivity index (χ0n) is 9.10. The maximum absolute atomic E-state index is 11.1. The minimum atomic E-state index is -0.879. The van der Waals surface area contributed by atoms with Crippen LogP contribution < -0.4 is 0 Å². The van der Waals surface area contributed by atoms with E-state index in [0.29, 0.717) is 12.0 Å².